The Bertz CT molecular complexity index is 524. The monoisotopic (exact) mass is 485 g/mol. The molecule has 2 rings (SSSR count). The normalized spacial score (nSPS) is 9.91. The van der Waals surface area contributed by atoms with Crippen LogP contribution in [0.4, 0.5) is 0 Å². The Balaban J connectivity index is -0.000000325. The van der Waals surface area contributed by atoms with Gasteiger partial charge in [-0.3, -0.25) is 9.97 Å². The molecule has 1 radical (unpaired) electrons. The molecule has 0 fully saturated rings. The van der Waals surface area contributed by atoms with E-state index >= 15 is 0 Å². The molecule has 2 heterocycles. The van der Waals surface area contributed by atoms with Gasteiger partial charge < -0.3 is 45.4 Å². The number of aromatic nitrogens is 2. The summed E-state index contributed by atoms with van der Waals surface area (Å²) in [4.78, 5) is 8.39. The molecule has 7 heteroatoms. The number of pyridine rings is 2. The van der Waals surface area contributed by atoms with Crippen molar-refractivity contribution in [2.75, 3.05) is 6.54 Å². The van der Waals surface area contributed by atoms with Crippen LogP contribution in [0.2, 0.25) is 0 Å². The summed E-state index contributed by atoms with van der Waals surface area (Å²) in [6.45, 7) is 8.10. The molecule has 0 aliphatic rings. The number of hydrogen-bond acceptors (Lipinski definition) is 4. The van der Waals surface area contributed by atoms with Crippen molar-refractivity contribution in [3.05, 3.63) is 66.1 Å². The number of hydrogen-bond donors (Lipinski definition) is 2. The van der Waals surface area contributed by atoms with Crippen LogP contribution >= 0.6 is 0 Å². The third-order valence-corrected chi connectivity index (χ3v) is 2.67. The van der Waals surface area contributed by atoms with Crippen molar-refractivity contribution in [1.29, 1.82) is 0 Å². The molecular weight excluding hydrogens is 464 g/mol. The van der Waals surface area contributed by atoms with Crippen molar-refractivity contribution >= 4 is 0 Å². The molecule has 1 atom stereocenters. The number of halogens is 2. The average Bonchev–Trinajstić information content (AvgIpc) is 2.39. The predicted octanol–water partition coefficient (Wildman–Crippen LogP) is -4.20. The zero-order valence-corrected chi connectivity index (χ0v) is 17.6. The first-order valence-corrected chi connectivity index (χ1v) is 6.65. The van der Waals surface area contributed by atoms with Crippen molar-refractivity contribution < 1.29 is 51.0 Å². The van der Waals surface area contributed by atoms with Crippen LogP contribution in [0.1, 0.15) is 22.8 Å². The van der Waals surface area contributed by atoms with Gasteiger partial charge in [-0.15, -0.1) is 11.8 Å². The van der Waals surface area contributed by atoms with Gasteiger partial charge in [-0.25, -0.2) is 6.92 Å². The van der Waals surface area contributed by atoms with E-state index in [-0.39, 0.29) is 57.1 Å². The summed E-state index contributed by atoms with van der Waals surface area (Å²) < 4.78 is 0. The fourth-order valence-electron chi connectivity index (χ4n) is 1.66. The van der Waals surface area contributed by atoms with Gasteiger partial charge in [0.25, 0.3) is 0 Å². The Morgan fingerprint density at radius 1 is 1.00 bits per heavy atom. The minimum atomic E-state index is 0. The van der Waals surface area contributed by atoms with Crippen molar-refractivity contribution in [3.8, 4) is 0 Å². The van der Waals surface area contributed by atoms with Gasteiger partial charge in [0, 0.05) is 36.1 Å². The van der Waals surface area contributed by atoms with E-state index in [1.807, 2.05) is 50.2 Å². The van der Waals surface area contributed by atoms with Crippen molar-refractivity contribution in [1.82, 2.24) is 9.97 Å². The molecule has 0 saturated heterocycles. The molecule has 4 nitrogen and oxygen atoms in total. The van der Waals surface area contributed by atoms with Crippen molar-refractivity contribution in [2.24, 2.45) is 11.5 Å². The molecule has 2 aromatic heterocycles. The van der Waals surface area contributed by atoms with Gasteiger partial charge in [0.05, 0.1) is 0 Å². The summed E-state index contributed by atoms with van der Waals surface area (Å²) in [5.74, 6) is 0. The minimum Gasteiger partial charge on any atom is -1.00 e. The molecule has 4 N–H and O–H groups in total. The fourth-order valence-corrected chi connectivity index (χ4v) is 1.66. The van der Waals surface area contributed by atoms with Crippen LogP contribution in [0.25, 0.3) is 0 Å². The Morgan fingerprint density at radius 3 is 1.91 bits per heavy atom. The molecule has 0 saturated carbocycles. The summed E-state index contributed by atoms with van der Waals surface area (Å²) in [6.07, 6.45) is 0.762. The Labute approximate surface area is 170 Å². The third kappa shape index (κ3) is 12.6. The van der Waals surface area contributed by atoms with Crippen molar-refractivity contribution in [2.45, 2.75) is 26.3 Å². The first-order valence-electron chi connectivity index (χ1n) is 6.65. The van der Waals surface area contributed by atoms with E-state index < -0.39 is 0 Å². The number of nitrogens with two attached hydrogens (primary N) is 2. The Hall–Kier alpha value is -0.431. The largest absolute Gasteiger partial charge is 3.00 e. The van der Waals surface area contributed by atoms with E-state index in [0.717, 1.165) is 29.2 Å². The van der Waals surface area contributed by atoms with E-state index in [1.165, 1.54) is 0 Å². The topological polar surface area (TPSA) is 77.8 Å². The van der Waals surface area contributed by atoms with Crippen LogP contribution in [0.3, 0.4) is 0 Å². The zero-order chi connectivity index (χ0) is 15.0. The Morgan fingerprint density at radius 2 is 1.52 bits per heavy atom. The summed E-state index contributed by atoms with van der Waals surface area (Å²) in [5.41, 5.74) is 15.0. The summed E-state index contributed by atoms with van der Waals surface area (Å²) in [7, 11) is 0. The smallest absolute Gasteiger partial charge is 1.00 e. The first-order chi connectivity index (χ1) is 9.51. The second kappa shape index (κ2) is 15.1. The van der Waals surface area contributed by atoms with Crippen LogP contribution in [-0.2, 0) is 23.5 Å². The van der Waals surface area contributed by atoms with E-state index in [4.69, 9.17) is 11.5 Å². The number of nitrogens with zero attached hydrogens (tertiary/aromatic N) is 2. The summed E-state index contributed by atoms with van der Waals surface area (Å²) in [6, 6.07) is 11.7. The standard InChI is InChI=1S/C9H15N3.C7H8N.2BrH.Fe/c1-7-3-2-4-9(12-7)5-8(11)6-10;1-6-4-3-5-7(2)8-6;;;/h2-4,8H,5-6,10-11H2,1H3;3-5H,1H2,2H3;2*1H;/q;-1;;;+3/p-2. The molecule has 0 spiro atoms. The van der Waals surface area contributed by atoms with Crippen LogP contribution in [0.15, 0.2) is 36.4 Å². The van der Waals surface area contributed by atoms with Gasteiger partial charge in [0.2, 0.25) is 0 Å². The molecule has 0 aromatic carbocycles. The van der Waals surface area contributed by atoms with Crippen molar-refractivity contribution in [3.63, 3.8) is 0 Å². The maximum absolute atomic E-state index is 5.69. The van der Waals surface area contributed by atoms with Crippen LogP contribution < -0.4 is 45.4 Å². The fraction of sp³-hybridized carbons (Fsp3) is 0.312. The van der Waals surface area contributed by atoms with Crippen LogP contribution in [-0.4, -0.2) is 22.6 Å². The average molecular weight is 487 g/mol. The van der Waals surface area contributed by atoms with E-state index in [9.17, 15) is 0 Å². The second-order valence-electron chi connectivity index (χ2n) is 4.74. The quantitative estimate of drug-likeness (QED) is 0.341. The van der Waals surface area contributed by atoms with Crippen LogP contribution in [0.5, 0.6) is 0 Å². The SMILES string of the molecule is Cc1cccc(CC(N)CN)n1.[Br-].[Br-].[CH2-]c1cccc(C)n1.[Fe+3]. The molecule has 0 aliphatic carbocycles. The third-order valence-electron chi connectivity index (χ3n) is 2.67. The molecule has 0 aliphatic heterocycles. The molecule has 23 heavy (non-hydrogen) atoms. The first kappa shape index (κ1) is 27.4. The minimum absolute atomic E-state index is 0. The Kier molecular flexibility index (Phi) is 18.0. The van der Waals surface area contributed by atoms with Gasteiger partial charge in [-0.1, -0.05) is 12.1 Å². The zero-order valence-electron chi connectivity index (χ0n) is 13.3. The molecule has 2 aromatic rings. The maximum Gasteiger partial charge on any atom is 3.00 e. The predicted molar refractivity (Wildman–Crippen MR) is 83.1 cm³/mol. The van der Waals surface area contributed by atoms with Crippen LogP contribution in [0, 0.1) is 20.8 Å². The van der Waals surface area contributed by atoms with E-state index in [2.05, 4.69) is 16.9 Å². The van der Waals surface area contributed by atoms with Gasteiger partial charge in [-0.05, 0) is 26.0 Å². The molecule has 1 unspecified atom stereocenters. The molecule has 129 valence electrons. The summed E-state index contributed by atoms with van der Waals surface area (Å²) in [5, 5.41) is 0. The maximum atomic E-state index is 5.69. The number of aryl methyl sites for hydroxylation is 2. The molecule has 0 amide bonds. The van der Waals surface area contributed by atoms with Gasteiger partial charge in [0.15, 0.2) is 0 Å². The number of rotatable bonds is 3. The molecule has 0 bridgehead atoms. The second-order valence-corrected chi connectivity index (χ2v) is 4.74. The van der Waals surface area contributed by atoms with Gasteiger partial charge in [0.1, 0.15) is 0 Å². The molecular formula is C16H23Br2FeN4. The van der Waals surface area contributed by atoms with E-state index in [1.54, 1.807) is 0 Å². The van der Waals surface area contributed by atoms with Gasteiger partial charge in [-0.2, -0.15) is 6.07 Å². The summed E-state index contributed by atoms with van der Waals surface area (Å²) >= 11 is 0. The van der Waals surface area contributed by atoms with Gasteiger partial charge >= 0.3 is 17.1 Å². The van der Waals surface area contributed by atoms with E-state index in [0.29, 0.717) is 6.54 Å².